The summed E-state index contributed by atoms with van der Waals surface area (Å²) in [4.78, 5) is 16.0. The van der Waals surface area contributed by atoms with E-state index in [1.54, 1.807) is 18.5 Å². The van der Waals surface area contributed by atoms with Crippen LogP contribution in [0.15, 0.2) is 48.9 Å². The summed E-state index contributed by atoms with van der Waals surface area (Å²) in [6.07, 6.45) is 4.92. The molecule has 0 bridgehead atoms. The summed E-state index contributed by atoms with van der Waals surface area (Å²) in [5.74, 6) is -0.300. The molecule has 0 unspecified atom stereocenters. The van der Waals surface area contributed by atoms with E-state index in [0.717, 1.165) is 41.4 Å². The Morgan fingerprint density at radius 2 is 2.03 bits per heavy atom. The van der Waals surface area contributed by atoms with Crippen LogP contribution in [0.25, 0.3) is 16.9 Å². The van der Waals surface area contributed by atoms with E-state index in [2.05, 4.69) is 25.0 Å². The molecular formula is C23H23FN6O. The van der Waals surface area contributed by atoms with E-state index in [9.17, 15) is 4.39 Å². The van der Waals surface area contributed by atoms with Crippen LogP contribution in [0.3, 0.4) is 0 Å². The number of hydrogen-bond donors (Lipinski definition) is 0. The van der Waals surface area contributed by atoms with Crippen LogP contribution in [0, 0.1) is 19.7 Å². The minimum absolute atomic E-state index is 0.251. The lowest BCUT2D eigenvalue weighted by Crippen LogP contribution is -2.38. The highest BCUT2D eigenvalue weighted by molar-refractivity contribution is 5.62. The highest BCUT2D eigenvalue weighted by Gasteiger charge is 2.27. The highest BCUT2D eigenvalue weighted by Crippen LogP contribution is 2.30. The second-order valence-corrected chi connectivity index (χ2v) is 7.84. The zero-order chi connectivity index (χ0) is 21.4. The number of nitrogens with zero attached hydrogens (tertiary/aromatic N) is 6. The van der Waals surface area contributed by atoms with E-state index in [0.29, 0.717) is 24.4 Å². The molecule has 0 aliphatic carbocycles. The standard InChI is InChI=1S/C23H23FN6O/c1-15-10-16(2)30-23(28-15)18(12-27-30)13-29-8-9-31-20(14-29)22-21(25-6-7-26-22)17-4-3-5-19(24)11-17/h3-7,10-12,20H,8-9,13-14H2,1-2H3/t20-/m1/s1. The van der Waals surface area contributed by atoms with Gasteiger partial charge in [0.2, 0.25) is 0 Å². The highest BCUT2D eigenvalue weighted by atomic mass is 19.1. The third-order valence-electron chi connectivity index (χ3n) is 5.53. The Bertz CT molecular complexity index is 1240. The van der Waals surface area contributed by atoms with E-state index in [1.165, 1.54) is 12.1 Å². The molecule has 3 aromatic heterocycles. The van der Waals surface area contributed by atoms with Crippen molar-refractivity contribution in [2.75, 3.05) is 19.7 Å². The maximum atomic E-state index is 13.8. The van der Waals surface area contributed by atoms with Crippen molar-refractivity contribution >= 4 is 5.65 Å². The van der Waals surface area contributed by atoms with Crippen LogP contribution in [-0.2, 0) is 11.3 Å². The van der Waals surface area contributed by atoms with Crippen LogP contribution >= 0.6 is 0 Å². The van der Waals surface area contributed by atoms with Gasteiger partial charge in [0.1, 0.15) is 11.9 Å². The van der Waals surface area contributed by atoms with Crippen molar-refractivity contribution in [3.63, 3.8) is 0 Å². The van der Waals surface area contributed by atoms with E-state index < -0.39 is 0 Å². The molecule has 8 heteroatoms. The molecule has 7 nitrogen and oxygen atoms in total. The number of fused-ring (bicyclic) bond motifs is 1. The van der Waals surface area contributed by atoms with Gasteiger partial charge in [0.05, 0.1) is 24.2 Å². The van der Waals surface area contributed by atoms with Crippen LogP contribution in [0.5, 0.6) is 0 Å². The molecule has 1 aliphatic heterocycles. The fourth-order valence-corrected chi connectivity index (χ4v) is 4.12. The van der Waals surface area contributed by atoms with Crippen molar-refractivity contribution in [2.45, 2.75) is 26.5 Å². The molecule has 31 heavy (non-hydrogen) atoms. The molecule has 1 fully saturated rings. The van der Waals surface area contributed by atoms with Crippen LogP contribution in [0.2, 0.25) is 0 Å². The molecule has 0 radical (unpaired) electrons. The van der Waals surface area contributed by atoms with Gasteiger partial charge in [-0.25, -0.2) is 13.9 Å². The Kier molecular flexibility index (Phi) is 5.17. The molecule has 4 heterocycles. The largest absolute Gasteiger partial charge is 0.369 e. The Morgan fingerprint density at radius 3 is 2.90 bits per heavy atom. The second-order valence-electron chi connectivity index (χ2n) is 7.84. The van der Waals surface area contributed by atoms with E-state index in [-0.39, 0.29) is 11.9 Å². The number of rotatable bonds is 4. The Morgan fingerprint density at radius 1 is 1.16 bits per heavy atom. The minimum Gasteiger partial charge on any atom is -0.369 e. The molecule has 0 amide bonds. The molecule has 5 rings (SSSR count). The van der Waals surface area contributed by atoms with Gasteiger partial charge >= 0.3 is 0 Å². The smallest absolute Gasteiger partial charge is 0.159 e. The fourth-order valence-electron chi connectivity index (χ4n) is 4.12. The number of aromatic nitrogens is 5. The summed E-state index contributed by atoms with van der Waals surface area (Å²) in [5.41, 5.74) is 6.08. The Hall–Kier alpha value is -3.23. The first-order chi connectivity index (χ1) is 15.1. The number of ether oxygens (including phenoxy) is 1. The van der Waals surface area contributed by atoms with Gasteiger partial charge in [0.25, 0.3) is 0 Å². The van der Waals surface area contributed by atoms with Crippen LogP contribution in [0.1, 0.15) is 28.7 Å². The van der Waals surface area contributed by atoms with Crippen molar-refractivity contribution in [3.8, 4) is 11.3 Å². The quantitative estimate of drug-likeness (QED) is 0.505. The number of benzene rings is 1. The van der Waals surface area contributed by atoms with Gasteiger partial charge in [0.15, 0.2) is 5.65 Å². The first kappa shape index (κ1) is 19.7. The monoisotopic (exact) mass is 418 g/mol. The maximum absolute atomic E-state index is 13.8. The molecule has 1 aliphatic rings. The zero-order valence-corrected chi connectivity index (χ0v) is 17.5. The lowest BCUT2D eigenvalue weighted by molar-refractivity contribution is -0.0347. The third kappa shape index (κ3) is 3.92. The molecular weight excluding hydrogens is 395 g/mol. The average Bonchev–Trinajstić information content (AvgIpc) is 3.17. The molecule has 1 saturated heterocycles. The topological polar surface area (TPSA) is 68.4 Å². The number of morpholine rings is 1. The minimum atomic E-state index is -0.300. The van der Waals surface area contributed by atoms with E-state index >= 15 is 0 Å². The molecule has 1 aromatic carbocycles. The first-order valence-corrected chi connectivity index (χ1v) is 10.3. The van der Waals surface area contributed by atoms with Gasteiger partial charge in [-0.1, -0.05) is 12.1 Å². The molecule has 0 N–H and O–H groups in total. The van der Waals surface area contributed by atoms with Gasteiger partial charge in [-0.2, -0.15) is 5.10 Å². The van der Waals surface area contributed by atoms with Crippen LogP contribution < -0.4 is 0 Å². The van der Waals surface area contributed by atoms with Gasteiger partial charge in [-0.15, -0.1) is 0 Å². The molecule has 158 valence electrons. The van der Waals surface area contributed by atoms with Crippen molar-refractivity contribution in [2.24, 2.45) is 0 Å². The summed E-state index contributed by atoms with van der Waals surface area (Å²) in [6, 6.07) is 8.44. The lowest BCUT2D eigenvalue weighted by atomic mass is 10.0. The normalized spacial score (nSPS) is 17.3. The van der Waals surface area contributed by atoms with Crippen molar-refractivity contribution in [1.29, 1.82) is 0 Å². The van der Waals surface area contributed by atoms with Crippen molar-refractivity contribution < 1.29 is 9.13 Å². The second kappa shape index (κ2) is 8.13. The molecule has 1 atom stereocenters. The van der Waals surface area contributed by atoms with Gasteiger partial charge in [0, 0.05) is 54.5 Å². The lowest BCUT2D eigenvalue weighted by Gasteiger charge is -2.32. The van der Waals surface area contributed by atoms with Crippen molar-refractivity contribution in [1.82, 2.24) is 29.5 Å². The predicted molar refractivity (Wildman–Crippen MR) is 114 cm³/mol. The maximum Gasteiger partial charge on any atom is 0.159 e. The number of hydrogen-bond acceptors (Lipinski definition) is 6. The fraction of sp³-hybridized carbons (Fsp3) is 0.304. The van der Waals surface area contributed by atoms with Gasteiger partial charge in [-0.05, 0) is 32.0 Å². The summed E-state index contributed by atoms with van der Waals surface area (Å²) in [6.45, 7) is 6.78. The summed E-state index contributed by atoms with van der Waals surface area (Å²) < 4.78 is 21.7. The zero-order valence-electron chi connectivity index (χ0n) is 17.5. The van der Waals surface area contributed by atoms with E-state index in [4.69, 9.17) is 4.74 Å². The molecule has 0 saturated carbocycles. The number of aryl methyl sites for hydroxylation is 2. The van der Waals surface area contributed by atoms with E-state index in [1.807, 2.05) is 36.7 Å². The average molecular weight is 418 g/mol. The SMILES string of the molecule is Cc1cc(C)n2ncc(CN3CCO[C@@H](c4nccnc4-c4cccc(F)c4)C3)c2n1. The predicted octanol–water partition coefficient (Wildman–Crippen LogP) is 3.52. The van der Waals surface area contributed by atoms with Gasteiger partial charge in [-0.3, -0.25) is 14.9 Å². The molecule has 4 aromatic rings. The summed E-state index contributed by atoms with van der Waals surface area (Å²) in [5, 5.41) is 4.50. The summed E-state index contributed by atoms with van der Waals surface area (Å²) in [7, 11) is 0. The Labute approximate surface area is 179 Å². The van der Waals surface area contributed by atoms with Gasteiger partial charge < -0.3 is 4.74 Å². The van der Waals surface area contributed by atoms with Crippen LogP contribution in [-0.4, -0.2) is 49.2 Å². The summed E-state index contributed by atoms with van der Waals surface area (Å²) >= 11 is 0. The van der Waals surface area contributed by atoms with Crippen molar-refractivity contribution in [3.05, 3.63) is 77.4 Å². The van der Waals surface area contributed by atoms with Crippen LogP contribution in [0.4, 0.5) is 4.39 Å². The Balaban J connectivity index is 1.41. The third-order valence-corrected chi connectivity index (χ3v) is 5.53. The number of halogens is 1. The first-order valence-electron chi connectivity index (χ1n) is 10.3. The molecule has 0 spiro atoms.